The van der Waals surface area contributed by atoms with E-state index in [2.05, 4.69) is 10.6 Å². The average Bonchev–Trinajstić information content (AvgIpc) is 3.46. The lowest BCUT2D eigenvalue weighted by atomic mass is 10.1. The number of rotatable bonds is 8. The van der Waals surface area contributed by atoms with Gasteiger partial charge < -0.3 is 49.6 Å². The quantitative estimate of drug-likeness (QED) is 0.300. The Labute approximate surface area is 246 Å². The van der Waals surface area contributed by atoms with Crippen LogP contribution in [0.15, 0.2) is 36.4 Å². The highest BCUT2D eigenvalue weighted by molar-refractivity contribution is 6.11. The van der Waals surface area contributed by atoms with Crippen LogP contribution in [0.4, 0.5) is 11.4 Å². The fraction of sp³-hybridized carbons (Fsp3) is 0.448. The first-order chi connectivity index (χ1) is 20.7. The van der Waals surface area contributed by atoms with Crippen LogP contribution in [0.25, 0.3) is 0 Å². The zero-order chi connectivity index (χ0) is 30.4. The molecule has 43 heavy (non-hydrogen) atoms. The molecular weight excluding hydrogens is 564 g/mol. The normalized spacial score (nSPS) is 27.8. The Morgan fingerprint density at radius 2 is 1.14 bits per heavy atom. The molecule has 4 N–H and O–H groups in total. The number of hydrogen-bond acceptors (Lipinski definition) is 10. The van der Waals surface area contributed by atoms with E-state index in [1.165, 1.54) is 36.2 Å². The number of ether oxygens (including phenoxy) is 4. The van der Waals surface area contributed by atoms with Gasteiger partial charge in [-0.2, -0.15) is 0 Å². The van der Waals surface area contributed by atoms with Gasteiger partial charge in [-0.3, -0.25) is 19.2 Å². The van der Waals surface area contributed by atoms with Gasteiger partial charge in [0.1, 0.15) is 48.0 Å². The fourth-order valence-electron chi connectivity index (χ4n) is 6.11. The zero-order valence-electron chi connectivity index (χ0n) is 23.5. The van der Waals surface area contributed by atoms with Crippen LogP contribution in [0.5, 0.6) is 11.5 Å². The van der Waals surface area contributed by atoms with Crippen molar-refractivity contribution < 1.29 is 48.3 Å². The maximum absolute atomic E-state index is 13.3. The molecule has 0 spiro atoms. The minimum absolute atomic E-state index is 0.0574. The highest BCUT2D eigenvalue weighted by atomic mass is 16.5. The van der Waals surface area contributed by atoms with Crippen LogP contribution in [0.1, 0.15) is 27.1 Å². The van der Waals surface area contributed by atoms with Gasteiger partial charge in [0.2, 0.25) is 11.8 Å². The number of fused-ring (bicyclic) bond motifs is 4. The summed E-state index contributed by atoms with van der Waals surface area (Å²) in [4.78, 5) is 55.3. The molecule has 4 unspecified atom stereocenters. The molecule has 14 heteroatoms. The number of carbonyl (C=O) groups is 4. The molecule has 6 atom stereocenters. The van der Waals surface area contributed by atoms with Gasteiger partial charge in [-0.1, -0.05) is 0 Å². The standard InChI is InChI=1S/C29H32N4O10/c1-40-14-4-6-18-16(10-14)28(38)32-12-20(34)24(22(32)26(36)30-18)42-8-3-9-43-25-21(35)13-33-23(25)27(37)31-19-7-5-15(41-2)11-17(19)29(33)39/h4-7,10-11,20-25,34-35H,3,8-9,12-13H2,1-2H3,(H,30,36)(H,31,37)/t20-,21?,22+,23?,24?,25?/m1/s1. The molecule has 14 nitrogen and oxygen atoms in total. The summed E-state index contributed by atoms with van der Waals surface area (Å²) < 4.78 is 22.2. The molecule has 4 heterocycles. The summed E-state index contributed by atoms with van der Waals surface area (Å²) in [6, 6.07) is 7.43. The number of aliphatic hydroxyl groups is 2. The van der Waals surface area contributed by atoms with E-state index in [4.69, 9.17) is 18.9 Å². The summed E-state index contributed by atoms with van der Waals surface area (Å²) in [5.74, 6) is -0.903. The first-order valence-electron chi connectivity index (χ1n) is 13.9. The van der Waals surface area contributed by atoms with Crippen LogP contribution < -0.4 is 20.1 Å². The second kappa shape index (κ2) is 11.4. The van der Waals surface area contributed by atoms with Crippen molar-refractivity contribution in [1.82, 2.24) is 9.80 Å². The molecule has 4 amide bonds. The van der Waals surface area contributed by atoms with Gasteiger partial charge >= 0.3 is 0 Å². The molecule has 0 bridgehead atoms. The number of anilines is 2. The van der Waals surface area contributed by atoms with Gasteiger partial charge in [-0.25, -0.2) is 0 Å². The third-order valence-electron chi connectivity index (χ3n) is 8.22. The van der Waals surface area contributed by atoms with Crippen LogP contribution >= 0.6 is 0 Å². The van der Waals surface area contributed by atoms with Crippen LogP contribution in [-0.4, -0.2) is 121 Å². The Kier molecular flexibility index (Phi) is 7.68. The summed E-state index contributed by atoms with van der Waals surface area (Å²) in [5.41, 5.74) is 1.20. The Morgan fingerprint density at radius 1 is 0.721 bits per heavy atom. The van der Waals surface area contributed by atoms with E-state index in [0.717, 1.165) is 0 Å². The van der Waals surface area contributed by atoms with Crippen molar-refractivity contribution in [1.29, 1.82) is 0 Å². The third-order valence-corrected chi connectivity index (χ3v) is 8.22. The molecule has 0 aliphatic carbocycles. The molecule has 2 fully saturated rings. The number of nitrogens with one attached hydrogen (secondary N) is 2. The number of methoxy groups -OCH3 is 2. The second-order valence-corrected chi connectivity index (χ2v) is 10.8. The van der Waals surface area contributed by atoms with Gasteiger partial charge in [0, 0.05) is 13.2 Å². The summed E-state index contributed by atoms with van der Waals surface area (Å²) in [5, 5.41) is 26.9. The fourth-order valence-corrected chi connectivity index (χ4v) is 6.11. The first-order valence-corrected chi connectivity index (χ1v) is 13.9. The zero-order valence-corrected chi connectivity index (χ0v) is 23.5. The third kappa shape index (κ3) is 5.05. The number of amides is 4. The van der Waals surface area contributed by atoms with Crippen LogP contribution in [0, 0.1) is 0 Å². The van der Waals surface area contributed by atoms with Gasteiger partial charge in [0.05, 0.1) is 49.8 Å². The van der Waals surface area contributed by atoms with Crippen LogP contribution in [-0.2, 0) is 19.1 Å². The van der Waals surface area contributed by atoms with Crippen molar-refractivity contribution in [3.63, 3.8) is 0 Å². The average molecular weight is 597 g/mol. The van der Waals surface area contributed by atoms with E-state index < -0.39 is 60.1 Å². The Morgan fingerprint density at radius 3 is 1.53 bits per heavy atom. The molecule has 6 rings (SSSR count). The van der Waals surface area contributed by atoms with E-state index in [1.807, 2.05) is 0 Å². The monoisotopic (exact) mass is 596 g/mol. The Hall–Kier alpha value is -4.24. The molecule has 0 aromatic heterocycles. The van der Waals surface area contributed by atoms with Gasteiger partial charge in [-0.15, -0.1) is 0 Å². The highest BCUT2D eigenvalue weighted by Crippen LogP contribution is 2.34. The number of nitrogens with zero attached hydrogens (tertiary/aromatic N) is 2. The molecule has 0 saturated carbocycles. The van der Waals surface area contributed by atoms with E-state index in [9.17, 15) is 29.4 Å². The predicted molar refractivity (Wildman–Crippen MR) is 149 cm³/mol. The lowest BCUT2D eigenvalue weighted by Gasteiger charge is -2.25. The van der Waals surface area contributed by atoms with Crippen LogP contribution in [0.3, 0.4) is 0 Å². The molecule has 2 saturated heterocycles. The maximum atomic E-state index is 13.3. The van der Waals surface area contributed by atoms with Crippen molar-refractivity contribution in [3.05, 3.63) is 47.5 Å². The Bertz CT molecular complexity index is 1360. The number of benzene rings is 2. The topological polar surface area (TPSA) is 176 Å². The summed E-state index contributed by atoms with van der Waals surface area (Å²) in [6.07, 6.45) is -3.87. The molecular formula is C29H32N4O10. The van der Waals surface area contributed by atoms with Crippen molar-refractivity contribution in [2.45, 2.75) is 42.9 Å². The van der Waals surface area contributed by atoms with E-state index in [-0.39, 0.29) is 43.9 Å². The molecule has 4 aliphatic rings. The minimum Gasteiger partial charge on any atom is -0.497 e. The number of aliphatic hydroxyl groups excluding tert-OH is 2. The van der Waals surface area contributed by atoms with E-state index in [1.54, 1.807) is 24.3 Å². The first kappa shape index (κ1) is 28.9. The lowest BCUT2D eigenvalue weighted by Crippen LogP contribution is -2.47. The van der Waals surface area contributed by atoms with Crippen molar-refractivity contribution in [3.8, 4) is 11.5 Å². The summed E-state index contributed by atoms with van der Waals surface area (Å²) in [7, 11) is 2.95. The predicted octanol–water partition coefficient (Wildman–Crippen LogP) is -0.161. The van der Waals surface area contributed by atoms with Gasteiger partial charge in [0.15, 0.2) is 0 Å². The largest absolute Gasteiger partial charge is 0.497 e. The highest BCUT2D eigenvalue weighted by Gasteiger charge is 2.51. The van der Waals surface area contributed by atoms with Gasteiger partial charge in [0.25, 0.3) is 11.8 Å². The molecule has 228 valence electrons. The SMILES string of the molecule is COc1ccc2c(c1)C(=O)N1CC(O)C(OCCCOC3[C@H](O)CN4C(=O)c5cc(OC)ccc5NC(=O)[C@H]34)C1C(=O)N2. The Balaban J connectivity index is 1.07. The number of hydrogen-bond donors (Lipinski definition) is 4. The smallest absolute Gasteiger partial charge is 0.256 e. The number of carbonyl (C=O) groups excluding carboxylic acids is 4. The minimum atomic E-state index is -1.10. The van der Waals surface area contributed by atoms with Crippen molar-refractivity contribution in [2.24, 2.45) is 0 Å². The van der Waals surface area contributed by atoms with E-state index in [0.29, 0.717) is 22.9 Å². The maximum Gasteiger partial charge on any atom is 0.256 e. The summed E-state index contributed by atoms with van der Waals surface area (Å²) >= 11 is 0. The molecule has 2 aromatic carbocycles. The molecule has 2 aromatic rings. The lowest BCUT2D eigenvalue weighted by molar-refractivity contribution is -0.125. The second-order valence-electron chi connectivity index (χ2n) is 10.8. The van der Waals surface area contributed by atoms with E-state index >= 15 is 0 Å². The molecule has 4 aliphatic heterocycles. The molecule has 0 radical (unpaired) electrons. The van der Waals surface area contributed by atoms with Gasteiger partial charge in [-0.05, 0) is 42.8 Å². The van der Waals surface area contributed by atoms with Crippen LogP contribution in [0.2, 0.25) is 0 Å². The van der Waals surface area contributed by atoms with Crippen molar-refractivity contribution in [2.75, 3.05) is 51.2 Å². The summed E-state index contributed by atoms with van der Waals surface area (Å²) in [6.45, 7) is -0.0560. The van der Waals surface area contributed by atoms with Crippen molar-refractivity contribution >= 4 is 35.0 Å².